The Morgan fingerprint density at radius 2 is 2.10 bits per heavy atom. The van der Waals surface area contributed by atoms with Gasteiger partial charge in [0.25, 0.3) is 0 Å². The van der Waals surface area contributed by atoms with Crippen molar-refractivity contribution in [3.8, 4) is 0 Å². The average Bonchev–Trinajstić information content (AvgIpc) is 2.63. The molecule has 0 saturated carbocycles. The van der Waals surface area contributed by atoms with E-state index in [2.05, 4.69) is 30.7 Å². The molecule has 1 aromatic heterocycles. The minimum absolute atomic E-state index is 0.381. The molecule has 1 aliphatic heterocycles. The molecule has 1 aliphatic rings. The van der Waals surface area contributed by atoms with Gasteiger partial charge in [-0.25, -0.2) is 4.98 Å². The average molecular weight is 291 g/mol. The van der Waals surface area contributed by atoms with E-state index >= 15 is 0 Å². The maximum atomic E-state index is 5.82. The molecular formula is C16H25N3S. The van der Waals surface area contributed by atoms with E-state index < -0.39 is 0 Å². The fourth-order valence-corrected chi connectivity index (χ4v) is 3.17. The molecule has 2 heterocycles. The summed E-state index contributed by atoms with van der Waals surface area (Å²) in [6.45, 7) is 9.10. The Hall–Kier alpha value is -1.16. The zero-order chi connectivity index (χ0) is 14.8. The molecule has 3 nitrogen and oxygen atoms in total. The second kappa shape index (κ2) is 6.08. The minimum Gasteiger partial charge on any atom is -0.389 e. The second-order valence-electron chi connectivity index (χ2n) is 6.72. The third-order valence-electron chi connectivity index (χ3n) is 4.30. The largest absolute Gasteiger partial charge is 0.389 e. The van der Waals surface area contributed by atoms with Gasteiger partial charge < -0.3 is 10.6 Å². The van der Waals surface area contributed by atoms with Crippen molar-refractivity contribution in [3.63, 3.8) is 0 Å². The van der Waals surface area contributed by atoms with Crippen LogP contribution in [0.25, 0.3) is 0 Å². The number of hydrogen-bond acceptors (Lipinski definition) is 3. The highest BCUT2D eigenvalue weighted by Gasteiger charge is 2.28. The first-order valence-electron chi connectivity index (χ1n) is 7.39. The summed E-state index contributed by atoms with van der Waals surface area (Å²) in [4.78, 5) is 7.29. The molecule has 0 radical (unpaired) electrons. The quantitative estimate of drug-likeness (QED) is 0.848. The Kier molecular flexibility index (Phi) is 4.63. The van der Waals surface area contributed by atoms with Crippen LogP contribution in [-0.4, -0.2) is 23.1 Å². The van der Waals surface area contributed by atoms with Gasteiger partial charge in [0, 0.05) is 19.3 Å². The number of nitrogens with zero attached hydrogens (tertiary/aromatic N) is 2. The van der Waals surface area contributed by atoms with Crippen molar-refractivity contribution < 1.29 is 0 Å². The van der Waals surface area contributed by atoms with E-state index in [0.717, 1.165) is 30.4 Å². The van der Waals surface area contributed by atoms with E-state index in [9.17, 15) is 0 Å². The van der Waals surface area contributed by atoms with Gasteiger partial charge in [-0.3, -0.25) is 0 Å². The molecule has 0 aliphatic carbocycles. The van der Waals surface area contributed by atoms with Crippen molar-refractivity contribution in [2.24, 2.45) is 17.1 Å². The van der Waals surface area contributed by atoms with Crippen LogP contribution in [0.4, 0.5) is 5.82 Å². The van der Waals surface area contributed by atoms with E-state index in [4.69, 9.17) is 18.0 Å². The van der Waals surface area contributed by atoms with E-state index in [-0.39, 0.29) is 0 Å². The fraction of sp³-hybridized carbons (Fsp3) is 0.625. The van der Waals surface area contributed by atoms with Crippen molar-refractivity contribution in [1.29, 1.82) is 0 Å². The van der Waals surface area contributed by atoms with Gasteiger partial charge in [-0.1, -0.05) is 33.0 Å². The van der Waals surface area contributed by atoms with E-state index in [1.807, 2.05) is 18.3 Å². The molecule has 0 spiro atoms. The second-order valence-corrected chi connectivity index (χ2v) is 7.16. The standard InChI is InChI=1S/C16H25N3S/c1-16(2,3)12-6-5-10-19(11-8-12)15-13(14(17)20)7-4-9-18-15/h4,7,9,12H,5-6,8,10-11H2,1-3H3,(H2,17,20). The molecule has 0 bridgehead atoms. The van der Waals surface area contributed by atoms with Crippen molar-refractivity contribution in [1.82, 2.24) is 4.98 Å². The third-order valence-corrected chi connectivity index (χ3v) is 4.52. The normalized spacial score (nSPS) is 20.6. The minimum atomic E-state index is 0.381. The van der Waals surface area contributed by atoms with Gasteiger partial charge in [0.1, 0.15) is 10.8 Å². The Balaban J connectivity index is 2.17. The van der Waals surface area contributed by atoms with Crippen LogP contribution in [0.15, 0.2) is 18.3 Å². The number of hydrogen-bond donors (Lipinski definition) is 1. The van der Waals surface area contributed by atoms with Crippen molar-refractivity contribution in [2.75, 3.05) is 18.0 Å². The summed E-state index contributed by atoms with van der Waals surface area (Å²) in [5, 5.41) is 0. The van der Waals surface area contributed by atoms with Crippen LogP contribution in [-0.2, 0) is 0 Å². The predicted molar refractivity (Wildman–Crippen MR) is 89.1 cm³/mol. The first-order valence-corrected chi connectivity index (χ1v) is 7.80. The molecule has 2 N–H and O–H groups in total. The van der Waals surface area contributed by atoms with E-state index in [1.165, 1.54) is 19.3 Å². The fourth-order valence-electron chi connectivity index (χ4n) is 3.02. The Labute approximate surface area is 127 Å². The summed E-state index contributed by atoms with van der Waals surface area (Å²) in [6, 6.07) is 3.87. The number of thiocarbonyl (C=S) groups is 1. The highest BCUT2D eigenvalue weighted by molar-refractivity contribution is 7.80. The lowest BCUT2D eigenvalue weighted by molar-refractivity contribution is 0.220. The number of pyridine rings is 1. The van der Waals surface area contributed by atoms with Crippen LogP contribution < -0.4 is 10.6 Å². The molecular weight excluding hydrogens is 266 g/mol. The van der Waals surface area contributed by atoms with Crippen LogP contribution in [0.5, 0.6) is 0 Å². The molecule has 20 heavy (non-hydrogen) atoms. The first kappa shape index (κ1) is 15.2. The number of anilines is 1. The molecule has 1 saturated heterocycles. The lowest BCUT2D eigenvalue weighted by Gasteiger charge is -2.30. The SMILES string of the molecule is CC(C)(C)C1CCCN(c2ncccc2C(N)=S)CC1. The molecule has 1 unspecified atom stereocenters. The zero-order valence-corrected chi connectivity index (χ0v) is 13.5. The van der Waals surface area contributed by atoms with Gasteiger partial charge >= 0.3 is 0 Å². The van der Waals surface area contributed by atoms with Gasteiger partial charge in [-0.15, -0.1) is 0 Å². The number of rotatable bonds is 2. The lowest BCUT2D eigenvalue weighted by atomic mass is 9.77. The molecule has 0 aromatic carbocycles. The zero-order valence-electron chi connectivity index (χ0n) is 12.7. The number of aromatic nitrogens is 1. The molecule has 4 heteroatoms. The Morgan fingerprint density at radius 3 is 2.75 bits per heavy atom. The maximum Gasteiger partial charge on any atom is 0.138 e. The number of nitrogens with two attached hydrogens (primary N) is 1. The summed E-state index contributed by atoms with van der Waals surface area (Å²) >= 11 is 5.15. The summed E-state index contributed by atoms with van der Waals surface area (Å²) in [5.41, 5.74) is 7.10. The molecule has 0 amide bonds. The summed E-state index contributed by atoms with van der Waals surface area (Å²) < 4.78 is 0. The topological polar surface area (TPSA) is 42.2 Å². The lowest BCUT2D eigenvalue weighted by Crippen LogP contribution is -2.29. The van der Waals surface area contributed by atoms with Crippen LogP contribution in [0.2, 0.25) is 0 Å². The monoisotopic (exact) mass is 291 g/mol. The van der Waals surface area contributed by atoms with Crippen LogP contribution in [0.3, 0.4) is 0 Å². The molecule has 2 rings (SSSR count). The Bertz CT molecular complexity index is 479. The highest BCUT2D eigenvalue weighted by Crippen LogP contribution is 2.35. The molecule has 1 atom stereocenters. The van der Waals surface area contributed by atoms with Gasteiger partial charge in [-0.05, 0) is 42.7 Å². The van der Waals surface area contributed by atoms with Crippen molar-refractivity contribution >= 4 is 23.0 Å². The molecule has 110 valence electrons. The molecule has 1 fully saturated rings. The summed E-state index contributed by atoms with van der Waals surface area (Å²) in [5.74, 6) is 1.72. The highest BCUT2D eigenvalue weighted by atomic mass is 32.1. The van der Waals surface area contributed by atoms with Gasteiger partial charge in [-0.2, -0.15) is 0 Å². The van der Waals surface area contributed by atoms with E-state index in [1.54, 1.807) is 0 Å². The van der Waals surface area contributed by atoms with Gasteiger partial charge in [0.2, 0.25) is 0 Å². The van der Waals surface area contributed by atoms with Crippen molar-refractivity contribution in [3.05, 3.63) is 23.9 Å². The van der Waals surface area contributed by atoms with Gasteiger partial charge in [0.05, 0.1) is 5.56 Å². The Morgan fingerprint density at radius 1 is 1.35 bits per heavy atom. The molecule has 1 aromatic rings. The van der Waals surface area contributed by atoms with E-state index in [0.29, 0.717) is 10.4 Å². The van der Waals surface area contributed by atoms with Crippen molar-refractivity contribution in [2.45, 2.75) is 40.0 Å². The van der Waals surface area contributed by atoms with Gasteiger partial charge in [0.15, 0.2) is 0 Å². The smallest absolute Gasteiger partial charge is 0.138 e. The van der Waals surface area contributed by atoms with Crippen LogP contribution >= 0.6 is 12.2 Å². The third kappa shape index (κ3) is 3.48. The predicted octanol–water partition coefficient (Wildman–Crippen LogP) is 3.37. The van der Waals surface area contributed by atoms with Crippen LogP contribution in [0.1, 0.15) is 45.6 Å². The summed E-state index contributed by atoms with van der Waals surface area (Å²) in [7, 11) is 0. The first-order chi connectivity index (χ1) is 9.39. The summed E-state index contributed by atoms with van der Waals surface area (Å²) in [6.07, 6.45) is 5.52. The van der Waals surface area contributed by atoms with Crippen LogP contribution in [0, 0.1) is 11.3 Å². The maximum absolute atomic E-state index is 5.82.